The maximum atomic E-state index is 12.6. The van der Waals surface area contributed by atoms with Gasteiger partial charge in [-0.05, 0) is 48.7 Å². The summed E-state index contributed by atoms with van der Waals surface area (Å²) in [4.78, 5) is 17.0. The van der Waals surface area contributed by atoms with Crippen LogP contribution in [-0.2, 0) is 10.0 Å². The fraction of sp³-hybridized carbons (Fsp3) is 0.238. The van der Waals surface area contributed by atoms with Gasteiger partial charge in [0.25, 0.3) is 5.91 Å². The average Bonchev–Trinajstić information content (AvgIpc) is 2.68. The first-order chi connectivity index (χ1) is 13.4. The second-order valence-corrected chi connectivity index (χ2v) is 8.71. The lowest BCUT2D eigenvalue weighted by atomic mass is 10.1. The van der Waals surface area contributed by atoms with Gasteiger partial charge in [0.1, 0.15) is 0 Å². The summed E-state index contributed by atoms with van der Waals surface area (Å²) in [6.45, 7) is 4.46. The Morgan fingerprint density at radius 3 is 2.46 bits per heavy atom. The molecule has 0 radical (unpaired) electrons. The zero-order chi connectivity index (χ0) is 20.1. The van der Waals surface area contributed by atoms with Crippen LogP contribution >= 0.6 is 0 Å². The van der Waals surface area contributed by atoms with Crippen molar-refractivity contribution >= 4 is 32.5 Å². The Balaban J connectivity index is 1.73. The number of fused-ring (bicyclic) bond motifs is 1. The van der Waals surface area contributed by atoms with Crippen molar-refractivity contribution in [1.29, 1.82) is 0 Å². The van der Waals surface area contributed by atoms with Gasteiger partial charge in [0.05, 0.1) is 16.1 Å². The molecule has 1 aromatic heterocycles. The molecule has 7 heteroatoms. The van der Waals surface area contributed by atoms with Crippen LogP contribution in [0.1, 0.15) is 30.6 Å². The molecule has 3 aromatic rings. The van der Waals surface area contributed by atoms with E-state index >= 15 is 0 Å². The summed E-state index contributed by atoms with van der Waals surface area (Å²) in [6, 6.07) is 15.2. The van der Waals surface area contributed by atoms with Gasteiger partial charge in [-0.3, -0.25) is 9.78 Å². The van der Waals surface area contributed by atoms with E-state index in [1.165, 1.54) is 24.3 Å². The number of para-hydroxylation sites is 1. The molecule has 0 aliphatic rings. The Labute approximate surface area is 165 Å². The number of pyridine rings is 1. The summed E-state index contributed by atoms with van der Waals surface area (Å²) in [5.41, 5.74) is 1.68. The molecule has 0 unspecified atom stereocenters. The molecule has 3 rings (SSSR count). The first kappa shape index (κ1) is 20.0. The average molecular weight is 398 g/mol. The number of nitrogens with zero attached hydrogens (tertiary/aromatic N) is 1. The number of sulfonamides is 1. The van der Waals surface area contributed by atoms with Crippen LogP contribution in [-0.4, -0.2) is 25.9 Å². The molecule has 0 fully saturated rings. The lowest BCUT2D eigenvalue weighted by molar-refractivity contribution is 0.102. The van der Waals surface area contributed by atoms with E-state index in [9.17, 15) is 13.2 Å². The summed E-state index contributed by atoms with van der Waals surface area (Å²) in [5, 5.41) is 3.76. The van der Waals surface area contributed by atoms with E-state index < -0.39 is 10.0 Å². The Kier molecular flexibility index (Phi) is 6.06. The molecule has 28 heavy (non-hydrogen) atoms. The number of aromatic nitrogens is 1. The van der Waals surface area contributed by atoms with Crippen molar-refractivity contribution < 1.29 is 13.2 Å². The molecule has 0 saturated heterocycles. The van der Waals surface area contributed by atoms with Gasteiger partial charge in [0, 0.05) is 23.7 Å². The van der Waals surface area contributed by atoms with E-state index in [2.05, 4.69) is 15.0 Å². The quantitative estimate of drug-likeness (QED) is 0.634. The summed E-state index contributed by atoms with van der Waals surface area (Å²) in [7, 11) is -3.58. The highest BCUT2D eigenvalue weighted by molar-refractivity contribution is 7.89. The summed E-state index contributed by atoms with van der Waals surface area (Å²) in [6.07, 6.45) is 2.43. The largest absolute Gasteiger partial charge is 0.320 e. The number of nitrogens with one attached hydrogen (secondary N) is 2. The van der Waals surface area contributed by atoms with Crippen molar-refractivity contribution in [2.24, 2.45) is 5.92 Å². The van der Waals surface area contributed by atoms with Crippen molar-refractivity contribution in [1.82, 2.24) is 9.71 Å². The third kappa shape index (κ3) is 4.74. The molecule has 0 saturated carbocycles. The lowest BCUT2D eigenvalue weighted by Crippen LogP contribution is -2.25. The number of hydrogen-bond donors (Lipinski definition) is 2. The van der Waals surface area contributed by atoms with Gasteiger partial charge in [-0.25, -0.2) is 13.1 Å². The fourth-order valence-corrected chi connectivity index (χ4v) is 3.80. The standard InChI is InChI=1S/C21H23N3O3S/c1-15(2)12-14-23-28(26,27)18-10-8-17(9-11-18)21(25)24-19-7-3-5-16-6-4-13-22-20(16)19/h3-11,13,15,23H,12,14H2,1-2H3,(H,24,25). The van der Waals surface area contributed by atoms with Gasteiger partial charge < -0.3 is 5.32 Å². The highest BCUT2D eigenvalue weighted by Crippen LogP contribution is 2.21. The minimum Gasteiger partial charge on any atom is -0.320 e. The zero-order valence-electron chi connectivity index (χ0n) is 15.8. The minimum atomic E-state index is -3.58. The van der Waals surface area contributed by atoms with Gasteiger partial charge in [-0.15, -0.1) is 0 Å². The van der Waals surface area contributed by atoms with Gasteiger partial charge in [0.2, 0.25) is 10.0 Å². The number of carbonyl (C=O) groups excluding carboxylic acids is 1. The topological polar surface area (TPSA) is 88.2 Å². The van der Waals surface area contributed by atoms with Crippen molar-refractivity contribution in [2.75, 3.05) is 11.9 Å². The number of carbonyl (C=O) groups is 1. The molecule has 0 atom stereocenters. The summed E-state index contributed by atoms with van der Waals surface area (Å²) < 4.78 is 27.2. The molecule has 0 aliphatic carbocycles. The molecule has 0 spiro atoms. The second kappa shape index (κ2) is 8.50. The molecule has 1 heterocycles. The molecular formula is C21H23N3O3S. The molecule has 146 valence electrons. The molecule has 0 aliphatic heterocycles. The number of amides is 1. The Morgan fingerprint density at radius 1 is 1.04 bits per heavy atom. The van der Waals surface area contributed by atoms with E-state index in [4.69, 9.17) is 0 Å². The zero-order valence-corrected chi connectivity index (χ0v) is 16.7. The molecule has 2 N–H and O–H groups in total. The van der Waals surface area contributed by atoms with Gasteiger partial charge in [-0.2, -0.15) is 0 Å². The Bertz CT molecular complexity index is 1070. The lowest BCUT2D eigenvalue weighted by Gasteiger charge is -2.10. The van der Waals surface area contributed by atoms with E-state index in [0.717, 1.165) is 11.8 Å². The van der Waals surface area contributed by atoms with E-state index in [0.29, 0.717) is 29.2 Å². The summed E-state index contributed by atoms with van der Waals surface area (Å²) in [5.74, 6) is 0.0900. The maximum absolute atomic E-state index is 12.6. The smallest absolute Gasteiger partial charge is 0.255 e. The Hall–Kier alpha value is -2.77. The Morgan fingerprint density at radius 2 is 1.75 bits per heavy atom. The highest BCUT2D eigenvalue weighted by Gasteiger charge is 2.15. The monoisotopic (exact) mass is 397 g/mol. The maximum Gasteiger partial charge on any atom is 0.255 e. The van der Waals surface area contributed by atoms with Crippen LogP contribution in [0.25, 0.3) is 10.9 Å². The number of anilines is 1. The molecule has 2 aromatic carbocycles. The van der Waals surface area contributed by atoms with Crippen molar-refractivity contribution in [3.63, 3.8) is 0 Å². The SMILES string of the molecule is CC(C)CCNS(=O)(=O)c1ccc(C(=O)Nc2cccc3cccnc23)cc1. The predicted octanol–water partition coefficient (Wildman–Crippen LogP) is 3.81. The molecular weight excluding hydrogens is 374 g/mol. The fourth-order valence-electron chi connectivity index (χ4n) is 2.75. The van der Waals surface area contributed by atoms with E-state index in [1.54, 1.807) is 12.3 Å². The van der Waals surface area contributed by atoms with Crippen LogP contribution in [0.4, 0.5) is 5.69 Å². The van der Waals surface area contributed by atoms with Crippen LogP contribution in [0.3, 0.4) is 0 Å². The third-order valence-corrected chi connectivity index (χ3v) is 5.80. The van der Waals surface area contributed by atoms with Crippen LogP contribution in [0.5, 0.6) is 0 Å². The summed E-state index contributed by atoms with van der Waals surface area (Å²) >= 11 is 0. The van der Waals surface area contributed by atoms with Gasteiger partial charge >= 0.3 is 0 Å². The first-order valence-electron chi connectivity index (χ1n) is 9.11. The van der Waals surface area contributed by atoms with E-state index in [1.807, 2.05) is 38.1 Å². The first-order valence-corrected chi connectivity index (χ1v) is 10.6. The van der Waals surface area contributed by atoms with Crippen LogP contribution in [0, 0.1) is 5.92 Å². The van der Waals surface area contributed by atoms with Gasteiger partial charge in [0.15, 0.2) is 0 Å². The number of benzene rings is 2. The van der Waals surface area contributed by atoms with Gasteiger partial charge in [-0.1, -0.05) is 32.0 Å². The third-order valence-electron chi connectivity index (χ3n) is 4.32. The molecule has 0 bridgehead atoms. The van der Waals surface area contributed by atoms with Crippen LogP contribution in [0.2, 0.25) is 0 Å². The van der Waals surface area contributed by atoms with Crippen molar-refractivity contribution in [3.05, 3.63) is 66.4 Å². The second-order valence-electron chi connectivity index (χ2n) is 6.94. The number of hydrogen-bond acceptors (Lipinski definition) is 4. The van der Waals surface area contributed by atoms with E-state index in [-0.39, 0.29) is 10.8 Å². The molecule has 1 amide bonds. The van der Waals surface area contributed by atoms with Crippen molar-refractivity contribution in [2.45, 2.75) is 25.2 Å². The van der Waals surface area contributed by atoms with Crippen LogP contribution < -0.4 is 10.0 Å². The molecule has 6 nitrogen and oxygen atoms in total. The number of rotatable bonds is 7. The highest BCUT2D eigenvalue weighted by atomic mass is 32.2. The van der Waals surface area contributed by atoms with Crippen molar-refractivity contribution in [3.8, 4) is 0 Å². The predicted molar refractivity (Wildman–Crippen MR) is 111 cm³/mol. The van der Waals surface area contributed by atoms with Crippen LogP contribution in [0.15, 0.2) is 65.7 Å². The minimum absolute atomic E-state index is 0.139. The normalized spacial score (nSPS) is 11.7.